The topological polar surface area (TPSA) is 82.8 Å². The second-order valence-electron chi connectivity index (χ2n) is 12.6. The van der Waals surface area contributed by atoms with E-state index in [1.165, 1.54) is 0 Å². The third-order valence-corrected chi connectivity index (χ3v) is 16.4. The number of rotatable bonds is 8. The van der Waals surface area contributed by atoms with Crippen LogP contribution >= 0.6 is 12.2 Å². The second-order valence-corrected chi connectivity index (χ2v) is 22.2. The van der Waals surface area contributed by atoms with Crippen LogP contribution in [0.15, 0.2) is 30.4 Å². The third kappa shape index (κ3) is 7.83. The maximum absolute atomic E-state index is 12.4. The molecule has 204 valence electrons. The second kappa shape index (κ2) is 11.6. The van der Waals surface area contributed by atoms with Crippen LogP contribution in [-0.4, -0.2) is 60.9 Å². The van der Waals surface area contributed by atoms with Crippen molar-refractivity contribution in [2.75, 3.05) is 6.61 Å². The van der Waals surface area contributed by atoms with Crippen LogP contribution in [0.3, 0.4) is 0 Å². The summed E-state index contributed by atoms with van der Waals surface area (Å²) in [4.78, 5) is 27.6. The molecule has 1 heterocycles. The number of hydrogen-bond donors (Lipinski definition) is 1. The lowest BCUT2D eigenvalue weighted by Gasteiger charge is -2.48. The first-order chi connectivity index (χ1) is 16.4. The van der Waals surface area contributed by atoms with Crippen molar-refractivity contribution in [1.29, 1.82) is 0 Å². The fourth-order valence-electron chi connectivity index (χ4n) is 4.16. The number of carbonyl (C=O) groups excluding carboxylic acids is 1. The zero-order valence-electron chi connectivity index (χ0n) is 23.8. The monoisotopic (exact) mass is 554 g/mol. The highest BCUT2D eigenvalue weighted by Gasteiger charge is 2.48. The molecule has 0 amide bonds. The van der Waals surface area contributed by atoms with Crippen molar-refractivity contribution in [3.63, 3.8) is 0 Å². The molecule has 0 aliphatic heterocycles. The summed E-state index contributed by atoms with van der Waals surface area (Å²) in [7, 11) is -4.69. The van der Waals surface area contributed by atoms with E-state index in [0.717, 1.165) is 12.0 Å². The minimum absolute atomic E-state index is 0.000354. The summed E-state index contributed by atoms with van der Waals surface area (Å²) in [5.74, 6) is -0.341. The van der Waals surface area contributed by atoms with E-state index in [1.54, 1.807) is 36.3 Å². The SMILES string of the molecule is CCOC(=O)/C=C1\CC(CC(C)(C)[Si](C)(C)O)C(OC(=S)n2ccnc2)[C@H](O[Si](C)(C)C(C)(C)C)C1. The number of nitrogens with zero attached hydrogens (tertiary/aromatic N) is 2. The predicted octanol–water partition coefficient (Wildman–Crippen LogP) is 6.06. The van der Waals surface area contributed by atoms with E-state index in [9.17, 15) is 9.59 Å². The molecule has 1 aliphatic rings. The lowest BCUT2D eigenvalue weighted by atomic mass is 9.77. The Morgan fingerprint density at radius 1 is 1.22 bits per heavy atom. The molecule has 1 N–H and O–H groups in total. The normalized spacial score (nSPS) is 23.0. The van der Waals surface area contributed by atoms with Gasteiger partial charge in [0.15, 0.2) is 16.6 Å². The molecule has 3 atom stereocenters. The molecule has 0 saturated heterocycles. The Morgan fingerprint density at radius 2 is 1.86 bits per heavy atom. The molecule has 2 rings (SSSR count). The number of esters is 1. The van der Waals surface area contributed by atoms with Gasteiger partial charge in [0, 0.05) is 24.4 Å². The molecule has 1 saturated carbocycles. The van der Waals surface area contributed by atoms with Crippen LogP contribution in [0.25, 0.3) is 0 Å². The fourth-order valence-corrected chi connectivity index (χ4v) is 6.47. The van der Waals surface area contributed by atoms with E-state index in [-0.39, 0.29) is 34.2 Å². The molecule has 1 aromatic heterocycles. The Kier molecular flexibility index (Phi) is 9.94. The molecule has 10 heteroatoms. The average molecular weight is 555 g/mol. The molecule has 0 aromatic carbocycles. The van der Waals surface area contributed by atoms with Crippen molar-refractivity contribution >= 4 is 40.0 Å². The third-order valence-electron chi connectivity index (χ3n) is 8.06. The lowest BCUT2D eigenvalue weighted by molar-refractivity contribution is -0.137. The number of ether oxygens (including phenoxy) is 2. The molecule has 0 spiro atoms. The molecule has 0 bridgehead atoms. The summed E-state index contributed by atoms with van der Waals surface area (Å²) in [6, 6.07) is 0. The Labute approximate surface area is 224 Å². The van der Waals surface area contributed by atoms with Crippen LogP contribution in [0.4, 0.5) is 0 Å². The van der Waals surface area contributed by atoms with Crippen molar-refractivity contribution in [3.05, 3.63) is 30.4 Å². The number of imidazole rings is 1. The molecule has 2 unspecified atom stereocenters. The zero-order valence-corrected chi connectivity index (χ0v) is 26.6. The zero-order chi connectivity index (χ0) is 27.5. The van der Waals surface area contributed by atoms with E-state index in [2.05, 4.69) is 52.7 Å². The van der Waals surface area contributed by atoms with Crippen molar-refractivity contribution in [2.45, 2.75) is 109 Å². The molecular formula is C26H46N2O5SSi2. The molecule has 1 aromatic rings. The summed E-state index contributed by atoms with van der Waals surface area (Å²) in [5, 5.41) is 0.0335. The first-order valence-electron chi connectivity index (χ1n) is 12.8. The molecule has 1 fully saturated rings. The van der Waals surface area contributed by atoms with Gasteiger partial charge in [-0.25, -0.2) is 9.78 Å². The van der Waals surface area contributed by atoms with Gasteiger partial charge in [-0.05, 0) is 74.7 Å². The van der Waals surface area contributed by atoms with E-state index < -0.39 is 16.6 Å². The van der Waals surface area contributed by atoms with Gasteiger partial charge in [0.05, 0.1) is 12.7 Å². The minimum Gasteiger partial charge on any atom is -0.464 e. The average Bonchev–Trinajstić information content (AvgIpc) is 3.23. The Bertz CT molecular complexity index is 893. The van der Waals surface area contributed by atoms with Crippen molar-refractivity contribution < 1.29 is 23.5 Å². The van der Waals surface area contributed by atoms with Crippen molar-refractivity contribution in [3.8, 4) is 0 Å². The maximum atomic E-state index is 12.4. The standard InChI is InChI=1S/C26H46N2O5SSi2/c1-11-31-22(29)16-19-14-20(17-26(5,6)35(7,8)30)23(32-24(34)28-13-12-27-18-28)21(15-19)33-36(9,10)25(2,3)4/h12-13,16,18,20-21,23,30H,11,14-15,17H2,1-10H3/b19-16+/t20?,21-,23?/m1/s1. The molecule has 1 aliphatic carbocycles. The van der Waals surface area contributed by atoms with E-state index in [0.29, 0.717) is 24.6 Å². The number of aromatic nitrogens is 2. The van der Waals surface area contributed by atoms with Gasteiger partial charge in [0.1, 0.15) is 12.4 Å². The van der Waals surface area contributed by atoms with Gasteiger partial charge in [-0.2, -0.15) is 0 Å². The van der Waals surface area contributed by atoms with Crippen molar-refractivity contribution in [2.24, 2.45) is 5.92 Å². The summed E-state index contributed by atoms with van der Waals surface area (Å²) in [6.45, 7) is 21.4. The first-order valence-corrected chi connectivity index (χ1v) is 19.1. The first kappa shape index (κ1) is 30.9. The van der Waals surface area contributed by atoms with Gasteiger partial charge in [-0.1, -0.05) is 40.2 Å². The highest BCUT2D eigenvalue weighted by Crippen LogP contribution is 2.48. The fraction of sp³-hybridized carbons (Fsp3) is 0.731. The quantitative estimate of drug-likeness (QED) is 0.181. The number of hydrogen-bond acceptors (Lipinski definition) is 7. The van der Waals surface area contributed by atoms with Crippen LogP contribution in [-0.2, 0) is 18.7 Å². The van der Waals surface area contributed by atoms with Gasteiger partial charge in [0.2, 0.25) is 0 Å². The summed E-state index contributed by atoms with van der Waals surface area (Å²) in [6.07, 6.45) is 8.01. The predicted molar refractivity (Wildman–Crippen MR) is 153 cm³/mol. The molecular weight excluding hydrogens is 509 g/mol. The molecule has 7 nitrogen and oxygen atoms in total. The highest BCUT2D eigenvalue weighted by atomic mass is 32.1. The van der Waals surface area contributed by atoms with E-state index in [4.69, 9.17) is 26.1 Å². The van der Waals surface area contributed by atoms with Crippen LogP contribution in [0.2, 0.25) is 36.3 Å². The van der Waals surface area contributed by atoms with E-state index in [1.807, 2.05) is 13.1 Å². The van der Waals surface area contributed by atoms with Crippen LogP contribution in [0.5, 0.6) is 0 Å². The largest absolute Gasteiger partial charge is 0.464 e. The summed E-state index contributed by atoms with van der Waals surface area (Å²) >= 11 is 5.65. The summed E-state index contributed by atoms with van der Waals surface area (Å²) < 4.78 is 20.4. The van der Waals surface area contributed by atoms with Crippen LogP contribution in [0.1, 0.15) is 60.8 Å². The number of carbonyl (C=O) groups is 1. The highest BCUT2D eigenvalue weighted by molar-refractivity contribution is 7.80. The Balaban J connectivity index is 2.53. The van der Waals surface area contributed by atoms with Gasteiger partial charge >= 0.3 is 5.97 Å². The maximum Gasteiger partial charge on any atom is 0.330 e. The summed E-state index contributed by atoms with van der Waals surface area (Å²) in [5.41, 5.74) is 0.990. The van der Waals surface area contributed by atoms with Crippen LogP contribution in [0, 0.1) is 5.92 Å². The van der Waals surface area contributed by atoms with E-state index >= 15 is 0 Å². The molecule has 0 radical (unpaired) electrons. The smallest absolute Gasteiger partial charge is 0.330 e. The van der Waals surface area contributed by atoms with Gasteiger partial charge in [-0.15, -0.1) is 0 Å². The number of thiocarbonyl (C=S) groups is 1. The van der Waals surface area contributed by atoms with Gasteiger partial charge in [-0.3, -0.25) is 4.57 Å². The van der Waals surface area contributed by atoms with Crippen LogP contribution < -0.4 is 0 Å². The Morgan fingerprint density at radius 3 is 2.36 bits per heavy atom. The minimum atomic E-state index is -2.50. The molecule has 36 heavy (non-hydrogen) atoms. The lowest BCUT2D eigenvalue weighted by Crippen LogP contribution is -2.53. The van der Waals surface area contributed by atoms with Gasteiger partial charge in [0.25, 0.3) is 5.17 Å². The van der Waals surface area contributed by atoms with Crippen molar-refractivity contribution in [1.82, 2.24) is 9.55 Å². The Hall–Kier alpha value is -1.34. The van der Waals surface area contributed by atoms with Gasteiger partial charge < -0.3 is 18.7 Å².